The Bertz CT molecular complexity index is 1070. The maximum absolute atomic E-state index is 13.5. The first-order valence-electron chi connectivity index (χ1n) is 9.26. The molecule has 1 amide bonds. The van der Waals surface area contributed by atoms with Crippen LogP contribution < -0.4 is 0 Å². The van der Waals surface area contributed by atoms with Crippen molar-refractivity contribution in [3.63, 3.8) is 0 Å². The molecule has 5 nitrogen and oxygen atoms in total. The lowest BCUT2D eigenvalue weighted by Gasteiger charge is -2.25. The van der Waals surface area contributed by atoms with E-state index in [-0.39, 0.29) is 23.7 Å². The van der Waals surface area contributed by atoms with Crippen LogP contribution >= 0.6 is 15.9 Å². The molecule has 2 atom stereocenters. The lowest BCUT2D eigenvalue weighted by atomic mass is 10.1. The second-order valence-electron chi connectivity index (χ2n) is 7.29. The van der Waals surface area contributed by atoms with Crippen LogP contribution in [0.4, 0.5) is 4.39 Å². The van der Waals surface area contributed by atoms with Crippen LogP contribution in [0.3, 0.4) is 0 Å². The van der Waals surface area contributed by atoms with Gasteiger partial charge in [0, 0.05) is 18.5 Å². The zero-order valence-electron chi connectivity index (χ0n) is 14.9. The highest BCUT2D eigenvalue weighted by Crippen LogP contribution is 2.40. The van der Waals surface area contributed by atoms with E-state index >= 15 is 0 Å². The Hall–Kier alpha value is -2.54. The van der Waals surface area contributed by atoms with E-state index in [1.54, 1.807) is 12.1 Å². The van der Waals surface area contributed by atoms with Gasteiger partial charge in [-0.15, -0.1) is 0 Å². The van der Waals surface area contributed by atoms with Gasteiger partial charge >= 0.3 is 0 Å². The minimum Gasteiger partial charge on any atom is -0.339 e. The van der Waals surface area contributed by atoms with Crippen LogP contribution in [-0.4, -0.2) is 27.5 Å². The largest absolute Gasteiger partial charge is 0.339 e. The van der Waals surface area contributed by atoms with Crippen LogP contribution in [0.5, 0.6) is 0 Å². The van der Waals surface area contributed by atoms with Crippen molar-refractivity contribution in [1.29, 1.82) is 0 Å². The van der Waals surface area contributed by atoms with E-state index in [2.05, 4.69) is 38.2 Å². The lowest BCUT2D eigenvalue weighted by molar-refractivity contribution is -0.129. The first kappa shape index (κ1) is 17.6. The molecule has 2 aliphatic rings. The third-order valence-electron chi connectivity index (χ3n) is 5.60. The normalized spacial score (nSPS) is 21.4. The molecule has 0 saturated carbocycles. The van der Waals surface area contributed by atoms with E-state index in [4.69, 9.17) is 4.52 Å². The summed E-state index contributed by atoms with van der Waals surface area (Å²) in [5.41, 5.74) is 3.23. The van der Waals surface area contributed by atoms with Gasteiger partial charge in [-0.05, 0) is 58.1 Å². The van der Waals surface area contributed by atoms with E-state index in [9.17, 15) is 9.18 Å². The minimum atomic E-state index is -0.346. The molecule has 3 aromatic rings. The maximum atomic E-state index is 13.5. The van der Waals surface area contributed by atoms with Crippen molar-refractivity contribution in [2.45, 2.75) is 31.2 Å². The van der Waals surface area contributed by atoms with E-state index < -0.39 is 0 Å². The van der Waals surface area contributed by atoms with Gasteiger partial charge in [0.1, 0.15) is 5.82 Å². The monoisotopic (exact) mass is 441 g/mol. The number of fused-ring (bicyclic) bond motifs is 1. The molecule has 0 N–H and O–H groups in total. The Morgan fingerprint density at radius 1 is 1.21 bits per heavy atom. The van der Waals surface area contributed by atoms with Crippen LogP contribution in [0.2, 0.25) is 0 Å². The summed E-state index contributed by atoms with van der Waals surface area (Å²) in [4.78, 5) is 19.1. The summed E-state index contributed by atoms with van der Waals surface area (Å²) in [5.74, 6) is 0.508. The van der Waals surface area contributed by atoms with E-state index in [1.165, 1.54) is 17.2 Å². The second kappa shape index (κ2) is 6.81. The minimum absolute atomic E-state index is 0.120. The van der Waals surface area contributed by atoms with Crippen LogP contribution in [0.25, 0.3) is 11.4 Å². The predicted molar refractivity (Wildman–Crippen MR) is 104 cm³/mol. The fraction of sp³-hybridized carbons (Fsp3) is 0.286. The summed E-state index contributed by atoms with van der Waals surface area (Å²) >= 11 is 3.17. The Morgan fingerprint density at radius 2 is 2.07 bits per heavy atom. The number of rotatable bonds is 3. The first-order valence-corrected chi connectivity index (χ1v) is 10.1. The Morgan fingerprint density at radius 3 is 2.93 bits per heavy atom. The number of halogens is 2. The van der Waals surface area contributed by atoms with Gasteiger partial charge in [-0.25, -0.2) is 4.39 Å². The fourth-order valence-electron chi connectivity index (χ4n) is 4.21. The van der Waals surface area contributed by atoms with Gasteiger partial charge in [0.25, 0.3) is 0 Å². The molecule has 0 radical (unpaired) electrons. The van der Waals surface area contributed by atoms with Gasteiger partial charge in [0.2, 0.25) is 17.6 Å². The quantitative estimate of drug-likeness (QED) is 0.593. The number of benzene rings is 2. The molecule has 7 heteroatoms. The van der Waals surface area contributed by atoms with Gasteiger partial charge in [-0.1, -0.05) is 29.4 Å². The highest BCUT2D eigenvalue weighted by atomic mass is 79.9. The van der Waals surface area contributed by atoms with Crippen molar-refractivity contribution in [1.82, 2.24) is 15.0 Å². The number of carbonyl (C=O) groups is 1. The van der Waals surface area contributed by atoms with Crippen LogP contribution in [0, 0.1) is 5.82 Å². The third-order valence-corrected chi connectivity index (χ3v) is 6.21. The molecule has 0 bridgehead atoms. The Kier molecular flexibility index (Phi) is 4.27. The van der Waals surface area contributed by atoms with E-state index in [0.29, 0.717) is 34.7 Å². The van der Waals surface area contributed by atoms with Crippen LogP contribution in [0.1, 0.15) is 41.8 Å². The summed E-state index contributed by atoms with van der Waals surface area (Å²) in [6.07, 6.45) is 2.32. The molecule has 1 aliphatic carbocycles. The lowest BCUT2D eigenvalue weighted by Crippen LogP contribution is -2.28. The molecule has 2 unspecified atom stereocenters. The average Bonchev–Trinajstić information content (AvgIpc) is 3.41. The summed E-state index contributed by atoms with van der Waals surface area (Å²) in [6, 6.07) is 13.0. The zero-order valence-corrected chi connectivity index (χ0v) is 16.5. The fourth-order valence-corrected chi connectivity index (χ4v) is 4.59. The molecule has 28 heavy (non-hydrogen) atoms. The SMILES string of the molecule is O=C1CC(c2nc(-c3ccc(F)c(Br)c3)no2)CN1C1CCc2ccccc21. The van der Waals surface area contributed by atoms with Crippen molar-refractivity contribution in [2.75, 3.05) is 6.54 Å². The van der Waals surface area contributed by atoms with Gasteiger partial charge in [-0.3, -0.25) is 4.79 Å². The highest BCUT2D eigenvalue weighted by molar-refractivity contribution is 9.10. The number of hydrogen-bond donors (Lipinski definition) is 0. The van der Waals surface area contributed by atoms with Crippen molar-refractivity contribution >= 4 is 21.8 Å². The summed E-state index contributed by atoms with van der Waals surface area (Å²) in [6.45, 7) is 0.576. The highest BCUT2D eigenvalue weighted by Gasteiger charge is 2.40. The summed E-state index contributed by atoms with van der Waals surface area (Å²) in [5, 5.41) is 4.03. The molecular formula is C21H17BrFN3O2. The van der Waals surface area contributed by atoms with E-state index in [1.807, 2.05) is 17.0 Å². The molecule has 5 rings (SSSR count). The number of carbonyl (C=O) groups excluding carboxylic acids is 1. The summed E-state index contributed by atoms with van der Waals surface area (Å²) in [7, 11) is 0. The topological polar surface area (TPSA) is 59.2 Å². The molecule has 1 aliphatic heterocycles. The maximum Gasteiger partial charge on any atom is 0.232 e. The smallest absolute Gasteiger partial charge is 0.232 e. The van der Waals surface area contributed by atoms with Crippen molar-refractivity contribution in [3.05, 3.63) is 69.8 Å². The van der Waals surface area contributed by atoms with Gasteiger partial charge in [0.05, 0.1) is 16.4 Å². The number of hydrogen-bond acceptors (Lipinski definition) is 4. The van der Waals surface area contributed by atoms with Gasteiger partial charge in [-0.2, -0.15) is 4.98 Å². The van der Waals surface area contributed by atoms with Crippen molar-refractivity contribution in [2.24, 2.45) is 0 Å². The van der Waals surface area contributed by atoms with Crippen LogP contribution in [-0.2, 0) is 11.2 Å². The Labute approximate surface area is 169 Å². The van der Waals surface area contributed by atoms with Gasteiger partial charge < -0.3 is 9.42 Å². The molecule has 0 spiro atoms. The number of aryl methyl sites for hydroxylation is 1. The molecule has 2 heterocycles. The number of nitrogens with zero attached hydrogens (tertiary/aromatic N) is 3. The first-order chi connectivity index (χ1) is 13.6. The molecule has 2 aromatic carbocycles. The molecular weight excluding hydrogens is 425 g/mol. The number of aromatic nitrogens is 2. The molecule has 1 saturated heterocycles. The predicted octanol–water partition coefficient (Wildman–Crippen LogP) is 4.64. The van der Waals surface area contributed by atoms with Crippen molar-refractivity contribution in [3.8, 4) is 11.4 Å². The zero-order chi connectivity index (χ0) is 19.3. The standard InChI is InChI=1S/C21H17BrFN3O2/c22-16-9-13(5-7-17(16)23)20-24-21(28-25-20)14-10-19(27)26(11-14)18-8-6-12-3-1-2-4-15(12)18/h1-5,7,9,14,18H,6,8,10-11H2. The average molecular weight is 442 g/mol. The molecule has 1 aromatic heterocycles. The second-order valence-corrected chi connectivity index (χ2v) is 8.14. The number of likely N-dealkylation sites (tertiary alicyclic amines) is 1. The van der Waals surface area contributed by atoms with Crippen LogP contribution in [0.15, 0.2) is 51.5 Å². The van der Waals surface area contributed by atoms with E-state index in [0.717, 1.165) is 12.8 Å². The van der Waals surface area contributed by atoms with Crippen molar-refractivity contribution < 1.29 is 13.7 Å². The number of amides is 1. The Balaban J connectivity index is 1.37. The molecule has 1 fully saturated rings. The third kappa shape index (κ3) is 2.94. The van der Waals surface area contributed by atoms with Gasteiger partial charge in [0.15, 0.2) is 0 Å². The molecule has 142 valence electrons. The summed E-state index contributed by atoms with van der Waals surface area (Å²) < 4.78 is 19.2.